The van der Waals surface area contributed by atoms with Gasteiger partial charge in [0.2, 0.25) is 5.95 Å². The highest BCUT2D eigenvalue weighted by Crippen LogP contribution is 2.38. The van der Waals surface area contributed by atoms with Gasteiger partial charge in [0.05, 0.1) is 33.4 Å². The van der Waals surface area contributed by atoms with Crippen LogP contribution in [0.4, 0.5) is 4.39 Å². The average molecular weight is 335 g/mol. The highest BCUT2D eigenvalue weighted by Gasteiger charge is 2.20. The van der Waals surface area contributed by atoms with Gasteiger partial charge in [-0.05, 0) is 24.3 Å². The number of hydrogen-bond acceptors (Lipinski definition) is 3. The van der Waals surface area contributed by atoms with Gasteiger partial charge in [0.25, 0.3) is 0 Å². The molecule has 7 heteroatoms. The molecule has 0 amide bonds. The Balaban J connectivity index is 2.72. The van der Waals surface area contributed by atoms with E-state index in [1.165, 1.54) is 25.3 Å². The molecule has 0 atom stereocenters. The Hall–Kier alpha value is -1.36. The molecule has 1 aromatic heterocycles. The number of pyridine rings is 1. The second-order valence-corrected chi connectivity index (χ2v) is 4.91. The van der Waals surface area contributed by atoms with Crippen LogP contribution in [-0.2, 0) is 4.74 Å². The van der Waals surface area contributed by atoms with Crippen LogP contribution < -0.4 is 0 Å². The van der Waals surface area contributed by atoms with Crippen LogP contribution in [0.2, 0.25) is 15.1 Å². The molecule has 0 unspecified atom stereocenters. The van der Waals surface area contributed by atoms with Crippen LogP contribution >= 0.6 is 34.8 Å². The van der Waals surface area contributed by atoms with Crippen LogP contribution in [0.3, 0.4) is 0 Å². The molecule has 0 aliphatic carbocycles. The van der Waals surface area contributed by atoms with Crippen molar-refractivity contribution in [3.05, 3.63) is 50.8 Å². The molecule has 0 aliphatic heterocycles. The maximum Gasteiger partial charge on any atom is 0.340 e. The van der Waals surface area contributed by atoms with Crippen molar-refractivity contribution in [1.29, 1.82) is 0 Å². The molecule has 0 N–H and O–H groups in total. The van der Waals surface area contributed by atoms with E-state index in [-0.39, 0.29) is 26.3 Å². The lowest BCUT2D eigenvalue weighted by molar-refractivity contribution is 0.0601. The summed E-state index contributed by atoms with van der Waals surface area (Å²) in [6.07, 6.45) is 0. The molecule has 104 valence electrons. The minimum absolute atomic E-state index is 0.0421. The largest absolute Gasteiger partial charge is 0.465 e. The van der Waals surface area contributed by atoms with Gasteiger partial charge in [0.1, 0.15) is 0 Å². The second kappa shape index (κ2) is 5.95. The highest BCUT2D eigenvalue weighted by molar-refractivity contribution is 6.49. The molecule has 0 saturated carbocycles. The molecule has 2 aromatic rings. The zero-order valence-electron chi connectivity index (χ0n) is 10.1. The molecule has 1 aromatic carbocycles. The molecule has 0 radical (unpaired) electrons. The van der Waals surface area contributed by atoms with Gasteiger partial charge in [-0.1, -0.05) is 34.8 Å². The Kier molecular flexibility index (Phi) is 4.48. The third-order valence-corrected chi connectivity index (χ3v) is 3.85. The van der Waals surface area contributed by atoms with Gasteiger partial charge in [-0.15, -0.1) is 0 Å². The summed E-state index contributed by atoms with van der Waals surface area (Å²) in [6, 6.07) is 5.31. The maximum absolute atomic E-state index is 13.3. The van der Waals surface area contributed by atoms with Crippen molar-refractivity contribution in [2.45, 2.75) is 0 Å². The predicted molar refractivity (Wildman–Crippen MR) is 76.0 cm³/mol. The van der Waals surface area contributed by atoms with E-state index in [9.17, 15) is 9.18 Å². The number of hydrogen-bond donors (Lipinski definition) is 0. The number of halogens is 4. The maximum atomic E-state index is 13.3. The Labute approximate surface area is 129 Å². The molecule has 1 heterocycles. The van der Waals surface area contributed by atoms with Gasteiger partial charge in [-0.2, -0.15) is 4.39 Å². The van der Waals surface area contributed by atoms with Crippen molar-refractivity contribution in [1.82, 2.24) is 4.98 Å². The van der Waals surface area contributed by atoms with Crippen LogP contribution in [0, 0.1) is 5.95 Å². The van der Waals surface area contributed by atoms with Crippen LogP contribution in [0.5, 0.6) is 0 Å². The number of benzene rings is 1. The number of rotatable bonds is 2. The molecule has 3 nitrogen and oxygen atoms in total. The summed E-state index contributed by atoms with van der Waals surface area (Å²) in [7, 11) is 1.21. The van der Waals surface area contributed by atoms with Crippen molar-refractivity contribution in [2.75, 3.05) is 7.11 Å². The van der Waals surface area contributed by atoms with Crippen molar-refractivity contribution >= 4 is 40.8 Å². The van der Waals surface area contributed by atoms with Crippen LogP contribution in [0.1, 0.15) is 10.4 Å². The monoisotopic (exact) mass is 333 g/mol. The summed E-state index contributed by atoms with van der Waals surface area (Å²) < 4.78 is 18.0. The van der Waals surface area contributed by atoms with Crippen LogP contribution in [0.25, 0.3) is 11.3 Å². The fourth-order valence-electron chi connectivity index (χ4n) is 1.62. The number of ether oxygens (including phenoxy) is 1. The first kappa shape index (κ1) is 15.0. The first-order valence-electron chi connectivity index (χ1n) is 5.34. The third-order valence-electron chi connectivity index (χ3n) is 2.56. The number of esters is 1. The SMILES string of the molecule is COC(=O)c1ccc(F)nc1-c1ccc(Cl)c(Cl)c1Cl. The Morgan fingerprint density at radius 2 is 1.85 bits per heavy atom. The zero-order chi connectivity index (χ0) is 14.9. The van der Waals surface area contributed by atoms with Crippen molar-refractivity contribution in [3.63, 3.8) is 0 Å². The van der Waals surface area contributed by atoms with Gasteiger partial charge in [-0.3, -0.25) is 0 Å². The lowest BCUT2D eigenvalue weighted by atomic mass is 10.1. The Morgan fingerprint density at radius 3 is 2.50 bits per heavy atom. The van der Waals surface area contributed by atoms with Gasteiger partial charge < -0.3 is 4.74 Å². The van der Waals surface area contributed by atoms with Crippen molar-refractivity contribution < 1.29 is 13.9 Å². The van der Waals surface area contributed by atoms with Gasteiger partial charge >= 0.3 is 5.97 Å². The van der Waals surface area contributed by atoms with E-state index in [4.69, 9.17) is 34.8 Å². The number of nitrogens with zero attached hydrogens (tertiary/aromatic N) is 1. The molecule has 0 bridgehead atoms. The lowest BCUT2D eigenvalue weighted by Gasteiger charge is -2.10. The molecular formula is C13H7Cl3FNO2. The molecular weight excluding hydrogens is 328 g/mol. The van der Waals surface area contributed by atoms with E-state index in [2.05, 4.69) is 9.72 Å². The summed E-state index contributed by atoms with van der Waals surface area (Å²) in [4.78, 5) is 15.4. The van der Waals surface area contributed by atoms with E-state index < -0.39 is 11.9 Å². The average Bonchev–Trinajstić information content (AvgIpc) is 2.44. The van der Waals surface area contributed by atoms with Gasteiger partial charge in [0, 0.05) is 5.56 Å². The number of methoxy groups -OCH3 is 1. The van der Waals surface area contributed by atoms with E-state index in [1.807, 2.05) is 0 Å². The minimum atomic E-state index is -0.755. The number of aromatic nitrogens is 1. The van der Waals surface area contributed by atoms with Gasteiger partial charge in [-0.25, -0.2) is 9.78 Å². The molecule has 0 saturated heterocycles. The summed E-state index contributed by atoms with van der Waals surface area (Å²) in [5.74, 6) is -1.41. The quantitative estimate of drug-likeness (QED) is 0.456. The fourth-order valence-corrected chi connectivity index (χ4v) is 2.25. The third kappa shape index (κ3) is 2.73. The molecule has 20 heavy (non-hydrogen) atoms. The van der Waals surface area contributed by atoms with Crippen molar-refractivity contribution in [3.8, 4) is 11.3 Å². The number of carbonyl (C=O) groups is 1. The zero-order valence-corrected chi connectivity index (χ0v) is 12.4. The van der Waals surface area contributed by atoms with E-state index in [1.54, 1.807) is 0 Å². The second-order valence-electron chi connectivity index (χ2n) is 3.74. The van der Waals surface area contributed by atoms with E-state index in [0.717, 1.165) is 6.07 Å². The first-order valence-corrected chi connectivity index (χ1v) is 6.47. The fraction of sp³-hybridized carbons (Fsp3) is 0.0769. The first-order chi connectivity index (χ1) is 9.45. The smallest absolute Gasteiger partial charge is 0.340 e. The van der Waals surface area contributed by atoms with Gasteiger partial charge in [0.15, 0.2) is 0 Å². The standard InChI is InChI=1S/C13H7Cl3FNO2/c1-20-13(19)7-3-5-9(17)18-12(7)6-2-4-8(14)11(16)10(6)15/h2-5H,1H3. The Bertz CT molecular complexity index is 692. The summed E-state index contributed by atoms with van der Waals surface area (Å²) >= 11 is 17.8. The Morgan fingerprint density at radius 1 is 1.15 bits per heavy atom. The predicted octanol–water partition coefficient (Wildman–Crippen LogP) is 4.63. The van der Waals surface area contributed by atoms with Crippen LogP contribution in [-0.4, -0.2) is 18.1 Å². The summed E-state index contributed by atoms with van der Waals surface area (Å²) in [6.45, 7) is 0. The molecule has 0 spiro atoms. The summed E-state index contributed by atoms with van der Waals surface area (Å²) in [5.41, 5.74) is 0.413. The van der Waals surface area contributed by atoms with Crippen LogP contribution in [0.15, 0.2) is 24.3 Å². The molecule has 0 aliphatic rings. The topological polar surface area (TPSA) is 39.2 Å². The summed E-state index contributed by atoms with van der Waals surface area (Å²) in [5, 5.41) is 0.437. The molecule has 2 rings (SSSR count). The minimum Gasteiger partial charge on any atom is -0.465 e. The highest BCUT2D eigenvalue weighted by atomic mass is 35.5. The van der Waals surface area contributed by atoms with E-state index in [0.29, 0.717) is 5.56 Å². The van der Waals surface area contributed by atoms with Crippen molar-refractivity contribution in [2.24, 2.45) is 0 Å². The number of carbonyl (C=O) groups excluding carboxylic acids is 1. The van der Waals surface area contributed by atoms with E-state index >= 15 is 0 Å². The lowest BCUT2D eigenvalue weighted by Crippen LogP contribution is -2.06. The molecule has 0 fully saturated rings. The normalized spacial score (nSPS) is 10.4.